The first-order chi connectivity index (χ1) is 23.1. The fourth-order valence-electron chi connectivity index (χ4n) is 5.52. The van der Waals surface area contributed by atoms with Crippen LogP contribution in [0.15, 0.2) is 109 Å². The number of ketones is 1. The summed E-state index contributed by atoms with van der Waals surface area (Å²) in [6.45, 7) is 8.22. The number of nitrogens with zero attached hydrogens (tertiary/aromatic N) is 1. The van der Waals surface area contributed by atoms with Crippen molar-refractivity contribution >= 4 is 28.8 Å². The Kier molecular flexibility index (Phi) is 10.8. The molecule has 1 atom stereocenters. The van der Waals surface area contributed by atoms with Gasteiger partial charge in [0.1, 0.15) is 17.2 Å². The first-order valence-electron chi connectivity index (χ1n) is 16.1. The number of anilines is 3. The van der Waals surface area contributed by atoms with Crippen LogP contribution in [-0.4, -0.2) is 38.4 Å². The fraction of sp³-hybridized carbons (Fsp3) is 0.220. The molecule has 0 fully saturated rings. The van der Waals surface area contributed by atoms with Gasteiger partial charge in [0.05, 0.1) is 11.4 Å². The Hall–Kier alpha value is -5.56. The number of rotatable bonds is 13. The SMILES string of the molecule is Cc1cc(Oc2ccc(NC(=O)COc3ccc(CC(C)Nc4ccccc4C(=O)c4ccccc4)cc3)c(N(C)C)c2)cc(C)c1C. The molecule has 0 spiro atoms. The lowest BCUT2D eigenvalue weighted by Crippen LogP contribution is -2.22. The van der Waals surface area contributed by atoms with E-state index in [2.05, 4.69) is 38.3 Å². The minimum Gasteiger partial charge on any atom is -0.484 e. The van der Waals surface area contributed by atoms with Gasteiger partial charge in [-0.15, -0.1) is 0 Å². The standard InChI is InChI=1S/C41H43N3O4/c1-27-22-35(23-28(2)30(27)4)48-34-20-21-38(39(25-34)44(5)6)43-40(45)26-47-33-18-16-31(17-19-33)24-29(3)42-37-15-11-10-14-36(37)41(46)32-12-8-7-9-13-32/h7-23,25,29,42H,24,26H2,1-6H3,(H,43,45). The van der Waals surface area contributed by atoms with Crippen molar-refractivity contribution in [3.8, 4) is 17.2 Å². The van der Waals surface area contributed by atoms with E-state index in [1.165, 1.54) is 16.7 Å². The number of aryl methyl sites for hydroxylation is 2. The zero-order valence-corrected chi connectivity index (χ0v) is 28.5. The van der Waals surface area contributed by atoms with Gasteiger partial charge in [0.15, 0.2) is 12.4 Å². The summed E-state index contributed by atoms with van der Waals surface area (Å²) < 4.78 is 12.0. The van der Waals surface area contributed by atoms with Crippen LogP contribution in [0.25, 0.3) is 0 Å². The number of nitrogens with one attached hydrogen (secondary N) is 2. The maximum absolute atomic E-state index is 13.1. The van der Waals surface area contributed by atoms with Crippen LogP contribution in [0.3, 0.4) is 0 Å². The van der Waals surface area contributed by atoms with Crippen molar-refractivity contribution in [2.75, 3.05) is 36.2 Å². The predicted octanol–water partition coefficient (Wildman–Crippen LogP) is 8.76. The summed E-state index contributed by atoms with van der Waals surface area (Å²) in [4.78, 5) is 27.9. The first-order valence-corrected chi connectivity index (χ1v) is 16.1. The third-order valence-corrected chi connectivity index (χ3v) is 8.31. The van der Waals surface area contributed by atoms with Crippen LogP contribution < -0.4 is 25.0 Å². The molecule has 0 aliphatic heterocycles. The van der Waals surface area contributed by atoms with E-state index in [9.17, 15) is 9.59 Å². The molecular formula is C41H43N3O4. The second-order valence-corrected chi connectivity index (χ2v) is 12.3. The van der Waals surface area contributed by atoms with Crippen LogP contribution in [0.5, 0.6) is 17.2 Å². The molecule has 5 rings (SSSR count). The molecule has 0 aromatic heterocycles. The minimum absolute atomic E-state index is 0.0105. The number of para-hydroxylation sites is 1. The van der Waals surface area contributed by atoms with E-state index >= 15 is 0 Å². The van der Waals surface area contributed by atoms with E-state index in [4.69, 9.17) is 9.47 Å². The molecule has 1 unspecified atom stereocenters. The van der Waals surface area contributed by atoms with E-state index in [1.54, 1.807) is 0 Å². The van der Waals surface area contributed by atoms with Crippen molar-refractivity contribution in [1.82, 2.24) is 0 Å². The van der Waals surface area contributed by atoms with Gasteiger partial charge in [0, 0.05) is 43.0 Å². The Labute approximate surface area is 283 Å². The molecule has 0 saturated carbocycles. The highest BCUT2D eigenvalue weighted by Gasteiger charge is 2.16. The van der Waals surface area contributed by atoms with Crippen LogP contribution in [-0.2, 0) is 11.2 Å². The van der Waals surface area contributed by atoms with Crippen LogP contribution in [0.1, 0.15) is 45.1 Å². The largest absolute Gasteiger partial charge is 0.484 e. The number of benzene rings is 5. The average molecular weight is 642 g/mol. The molecular weight excluding hydrogens is 598 g/mol. The maximum atomic E-state index is 13.1. The topological polar surface area (TPSA) is 79.9 Å². The van der Waals surface area contributed by atoms with Gasteiger partial charge >= 0.3 is 0 Å². The van der Waals surface area contributed by atoms with Gasteiger partial charge in [0.25, 0.3) is 5.91 Å². The van der Waals surface area contributed by atoms with Gasteiger partial charge in [-0.3, -0.25) is 9.59 Å². The molecule has 7 heteroatoms. The molecule has 0 radical (unpaired) electrons. The Bertz CT molecular complexity index is 1860. The normalized spacial score (nSPS) is 11.4. The van der Waals surface area contributed by atoms with Crippen LogP contribution in [0.2, 0.25) is 0 Å². The number of carbonyl (C=O) groups is 2. The van der Waals surface area contributed by atoms with Crippen molar-refractivity contribution in [3.63, 3.8) is 0 Å². The summed E-state index contributed by atoms with van der Waals surface area (Å²) in [5, 5.41) is 6.47. The van der Waals surface area contributed by atoms with E-state index in [-0.39, 0.29) is 24.3 Å². The van der Waals surface area contributed by atoms with Crippen molar-refractivity contribution in [3.05, 3.63) is 143 Å². The van der Waals surface area contributed by atoms with Gasteiger partial charge in [-0.1, -0.05) is 54.6 Å². The summed E-state index contributed by atoms with van der Waals surface area (Å²) in [6, 6.07) is 34.4. The molecule has 0 heterocycles. The zero-order valence-electron chi connectivity index (χ0n) is 28.5. The highest BCUT2D eigenvalue weighted by molar-refractivity contribution is 6.12. The maximum Gasteiger partial charge on any atom is 0.262 e. The van der Waals surface area contributed by atoms with Crippen LogP contribution in [0.4, 0.5) is 17.1 Å². The molecule has 0 bridgehead atoms. The van der Waals surface area contributed by atoms with E-state index in [0.29, 0.717) is 28.3 Å². The molecule has 1 amide bonds. The Morgan fingerprint density at radius 3 is 2.06 bits per heavy atom. The molecule has 0 aliphatic carbocycles. The Morgan fingerprint density at radius 1 is 0.729 bits per heavy atom. The average Bonchev–Trinajstić information content (AvgIpc) is 3.07. The molecule has 2 N–H and O–H groups in total. The molecule has 0 aliphatic rings. The van der Waals surface area contributed by atoms with E-state index in [0.717, 1.165) is 29.1 Å². The zero-order chi connectivity index (χ0) is 34.2. The monoisotopic (exact) mass is 641 g/mol. The summed E-state index contributed by atoms with van der Waals surface area (Å²) >= 11 is 0. The lowest BCUT2D eigenvalue weighted by Gasteiger charge is -2.20. The highest BCUT2D eigenvalue weighted by atomic mass is 16.5. The van der Waals surface area contributed by atoms with Gasteiger partial charge in [-0.25, -0.2) is 0 Å². The smallest absolute Gasteiger partial charge is 0.262 e. The Balaban J connectivity index is 1.14. The quantitative estimate of drug-likeness (QED) is 0.125. The van der Waals surface area contributed by atoms with Crippen molar-refractivity contribution in [2.24, 2.45) is 0 Å². The fourth-order valence-corrected chi connectivity index (χ4v) is 5.52. The second-order valence-electron chi connectivity index (χ2n) is 12.3. The van der Waals surface area contributed by atoms with Gasteiger partial charge in [-0.05, 0) is 105 Å². The van der Waals surface area contributed by atoms with Crippen LogP contribution in [0, 0.1) is 20.8 Å². The molecule has 5 aromatic carbocycles. The first kappa shape index (κ1) is 33.8. The van der Waals surface area contributed by atoms with Gasteiger partial charge < -0.3 is 25.0 Å². The number of carbonyl (C=O) groups excluding carboxylic acids is 2. The summed E-state index contributed by atoms with van der Waals surface area (Å²) in [6.07, 6.45) is 0.741. The van der Waals surface area contributed by atoms with Crippen LogP contribution >= 0.6 is 0 Å². The third-order valence-electron chi connectivity index (χ3n) is 8.31. The van der Waals surface area contributed by atoms with Gasteiger partial charge in [-0.2, -0.15) is 0 Å². The van der Waals surface area contributed by atoms with E-state index in [1.807, 2.05) is 128 Å². The van der Waals surface area contributed by atoms with E-state index < -0.39 is 0 Å². The molecule has 7 nitrogen and oxygen atoms in total. The second kappa shape index (κ2) is 15.4. The summed E-state index contributed by atoms with van der Waals surface area (Å²) in [5.74, 6) is 1.80. The third kappa shape index (κ3) is 8.62. The van der Waals surface area contributed by atoms with Crippen molar-refractivity contribution in [1.29, 1.82) is 0 Å². The lowest BCUT2D eigenvalue weighted by atomic mass is 10.0. The number of hydrogen-bond donors (Lipinski definition) is 2. The summed E-state index contributed by atoms with van der Waals surface area (Å²) in [5.41, 5.74) is 8.32. The highest BCUT2D eigenvalue weighted by Crippen LogP contribution is 2.33. The lowest BCUT2D eigenvalue weighted by molar-refractivity contribution is -0.118. The number of amides is 1. The number of ether oxygens (including phenoxy) is 2. The minimum atomic E-state index is -0.262. The van der Waals surface area contributed by atoms with Crippen molar-refractivity contribution < 1.29 is 19.1 Å². The Morgan fingerprint density at radius 2 is 1.38 bits per heavy atom. The molecule has 246 valence electrons. The molecule has 5 aromatic rings. The molecule has 48 heavy (non-hydrogen) atoms. The van der Waals surface area contributed by atoms with Gasteiger partial charge in [0.2, 0.25) is 0 Å². The molecule has 0 saturated heterocycles. The summed E-state index contributed by atoms with van der Waals surface area (Å²) in [7, 11) is 3.85. The number of hydrogen-bond acceptors (Lipinski definition) is 6. The predicted molar refractivity (Wildman–Crippen MR) is 195 cm³/mol. The van der Waals surface area contributed by atoms with Crippen molar-refractivity contribution in [2.45, 2.75) is 40.2 Å².